The molecule has 2 unspecified atom stereocenters. The molecule has 8 heteroatoms. The molecular weight excluding hydrogens is 463 g/mol. The fraction of sp³-hybridized carbons (Fsp3) is 0.0909. The number of hydrogen-bond donors (Lipinski definition) is 0. The lowest BCUT2D eigenvalue weighted by Gasteiger charge is -2.19. The van der Waals surface area contributed by atoms with Crippen LogP contribution in [-0.2, 0) is 30.5 Å². The lowest BCUT2D eigenvalue weighted by Crippen LogP contribution is -2.04. The highest BCUT2D eigenvalue weighted by atomic mass is 35.5. The van der Waals surface area contributed by atoms with E-state index in [4.69, 9.17) is 31.6 Å². The van der Waals surface area contributed by atoms with E-state index in [1.165, 1.54) is 14.2 Å². The number of rotatable bonds is 5. The maximum absolute atomic E-state index is 12.9. The van der Waals surface area contributed by atoms with Gasteiger partial charge in [0.1, 0.15) is 0 Å². The van der Waals surface area contributed by atoms with E-state index in [0.717, 1.165) is 21.5 Å². The van der Waals surface area contributed by atoms with Crippen molar-refractivity contribution in [1.82, 2.24) is 0 Å². The fourth-order valence-corrected chi connectivity index (χ4v) is 5.91. The molecule has 0 spiro atoms. The van der Waals surface area contributed by atoms with Crippen molar-refractivity contribution in [2.75, 3.05) is 14.2 Å². The van der Waals surface area contributed by atoms with E-state index in [0.29, 0.717) is 20.9 Å². The Morgan fingerprint density at radius 2 is 1.03 bits per heavy atom. The van der Waals surface area contributed by atoms with E-state index in [1.807, 2.05) is 48.5 Å². The molecule has 0 saturated heterocycles. The molecule has 0 heterocycles. The first-order valence-corrected chi connectivity index (χ1v) is 11.7. The van der Waals surface area contributed by atoms with E-state index in [1.54, 1.807) is 12.1 Å². The Bertz CT molecular complexity index is 1230. The smallest absolute Gasteiger partial charge is 0.191 e. The van der Waals surface area contributed by atoms with Crippen LogP contribution < -0.4 is 0 Å². The minimum atomic E-state index is -1.86. The highest BCUT2D eigenvalue weighted by Gasteiger charge is 2.27. The molecule has 0 aromatic heterocycles. The fourth-order valence-electron chi connectivity index (χ4n) is 3.58. The largest absolute Gasteiger partial charge is 0.290 e. The van der Waals surface area contributed by atoms with E-state index >= 15 is 0 Å². The summed E-state index contributed by atoms with van der Waals surface area (Å²) in [7, 11) is 2.69. The van der Waals surface area contributed by atoms with Gasteiger partial charge in [-0.15, -0.1) is 0 Å². The van der Waals surface area contributed by atoms with Gasteiger partial charge in [-0.3, -0.25) is 8.37 Å². The molecule has 4 aromatic rings. The molecule has 0 N–H and O–H groups in total. The van der Waals surface area contributed by atoms with Gasteiger partial charge in [0.2, 0.25) is 0 Å². The average Bonchev–Trinajstić information content (AvgIpc) is 2.76. The predicted octanol–water partition coefficient (Wildman–Crippen LogP) is 6.30. The standard InChI is InChI=1S/C22H16Cl2O4S2/c1-27-29(25)21-17(23)11-13-7-3-5-9-15(13)19(21)20-16-10-6-4-8-14(16)12-18(24)22(20)30(26)28-2/h3-12H,1-2H3. The van der Waals surface area contributed by atoms with Crippen LogP contribution in [0.5, 0.6) is 0 Å². The molecule has 0 fully saturated rings. The molecule has 0 radical (unpaired) electrons. The molecule has 2 atom stereocenters. The molecular formula is C22H16Cl2O4S2. The van der Waals surface area contributed by atoms with Gasteiger partial charge in [-0.05, 0) is 33.7 Å². The number of hydrogen-bond acceptors (Lipinski definition) is 4. The molecule has 0 amide bonds. The Morgan fingerprint density at radius 1 is 0.667 bits per heavy atom. The first kappa shape index (κ1) is 21.4. The number of benzene rings is 4. The number of fused-ring (bicyclic) bond motifs is 2. The average molecular weight is 479 g/mol. The summed E-state index contributed by atoms with van der Waals surface area (Å²) in [5.74, 6) is 0. The predicted molar refractivity (Wildman–Crippen MR) is 124 cm³/mol. The monoisotopic (exact) mass is 478 g/mol. The van der Waals surface area contributed by atoms with Crippen LogP contribution >= 0.6 is 23.2 Å². The molecule has 0 saturated carbocycles. The third kappa shape index (κ3) is 3.58. The summed E-state index contributed by atoms with van der Waals surface area (Å²) < 4.78 is 36.1. The quantitative estimate of drug-likeness (QED) is 0.337. The van der Waals surface area contributed by atoms with Gasteiger partial charge in [0.05, 0.1) is 34.1 Å². The molecule has 4 aromatic carbocycles. The molecule has 154 valence electrons. The van der Waals surface area contributed by atoms with Crippen molar-refractivity contribution < 1.29 is 16.8 Å². The molecule has 4 rings (SSSR count). The number of halogens is 2. The van der Waals surface area contributed by atoms with Crippen molar-refractivity contribution in [2.45, 2.75) is 9.79 Å². The first-order valence-electron chi connectivity index (χ1n) is 8.83. The topological polar surface area (TPSA) is 52.6 Å². The van der Waals surface area contributed by atoms with E-state index < -0.39 is 22.2 Å². The van der Waals surface area contributed by atoms with Gasteiger partial charge in [0.15, 0.2) is 22.2 Å². The van der Waals surface area contributed by atoms with E-state index in [-0.39, 0.29) is 10.0 Å². The Balaban J connectivity index is 2.32. The van der Waals surface area contributed by atoms with Crippen LogP contribution in [0.3, 0.4) is 0 Å². The van der Waals surface area contributed by atoms with E-state index in [2.05, 4.69) is 0 Å². The Kier molecular flexibility index (Phi) is 6.25. The minimum Gasteiger partial charge on any atom is -0.290 e. The van der Waals surface area contributed by atoms with Crippen LogP contribution in [0.25, 0.3) is 32.7 Å². The Hall–Kier alpha value is -1.80. The molecule has 30 heavy (non-hydrogen) atoms. The van der Waals surface area contributed by atoms with Crippen LogP contribution in [-0.4, -0.2) is 22.6 Å². The van der Waals surface area contributed by atoms with Crippen molar-refractivity contribution in [2.24, 2.45) is 0 Å². The summed E-state index contributed by atoms with van der Waals surface area (Å²) in [6.45, 7) is 0. The molecule has 0 aliphatic rings. The normalized spacial score (nSPS) is 13.6. The molecule has 0 aliphatic carbocycles. The van der Waals surface area contributed by atoms with Crippen molar-refractivity contribution >= 4 is 66.9 Å². The zero-order valence-electron chi connectivity index (χ0n) is 16.0. The lowest BCUT2D eigenvalue weighted by molar-refractivity contribution is 0.445. The highest BCUT2D eigenvalue weighted by Crippen LogP contribution is 2.46. The van der Waals surface area contributed by atoms with Crippen LogP contribution in [0.2, 0.25) is 10.0 Å². The maximum atomic E-state index is 12.9. The summed E-state index contributed by atoms with van der Waals surface area (Å²) in [6, 6.07) is 18.6. The van der Waals surface area contributed by atoms with Gasteiger partial charge in [-0.2, -0.15) is 0 Å². The maximum Gasteiger partial charge on any atom is 0.191 e. The SMILES string of the molecule is COS(=O)c1c(Cl)cc2ccccc2c1-c1c(S(=O)OC)c(Cl)cc2ccccc12. The molecule has 0 aliphatic heterocycles. The summed E-state index contributed by atoms with van der Waals surface area (Å²) in [5, 5.41) is 3.80. The second-order valence-corrected chi connectivity index (χ2v) is 9.61. The third-order valence-electron chi connectivity index (χ3n) is 4.80. The molecule has 4 nitrogen and oxygen atoms in total. The summed E-state index contributed by atoms with van der Waals surface area (Å²) in [6.07, 6.45) is 0. The van der Waals surface area contributed by atoms with Crippen LogP contribution in [0, 0.1) is 0 Å². The van der Waals surface area contributed by atoms with Gasteiger partial charge >= 0.3 is 0 Å². The second kappa shape index (κ2) is 8.75. The van der Waals surface area contributed by atoms with Crippen molar-refractivity contribution in [3.05, 3.63) is 70.7 Å². The van der Waals surface area contributed by atoms with Gasteiger partial charge in [-0.25, -0.2) is 8.42 Å². The second-order valence-electron chi connectivity index (χ2n) is 6.37. The lowest BCUT2D eigenvalue weighted by atomic mass is 9.93. The Labute approximate surface area is 189 Å². The van der Waals surface area contributed by atoms with Gasteiger partial charge in [-0.1, -0.05) is 71.7 Å². The zero-order valence-corrected chi connectivity index (χ0v) is 19.1. The molecule has 0 bridgehead atoms. The zero-order chi connectivity index (χ0) is 21.4. The van der Waals surface area contributed by atoms with Crippen molar-refractivity contribution in [3.63, 3.8) is 0 Å². The van der Waals surface area contributed by atoms with Crippen LogP contribution in [0.15, 0.2) is 70.5 Å². The van der Waals surface area contributed by atoms with Crippen molar-refractivity contribution in [3.8, 4) is 11.1 Å². The van der Waals surface area contributed by atoms with Crippen molar-refractivity contribution in [1.29, 1.82) is 0 Å². The highest BCUT2D eigenvalue weighted by molar-refractivity contribution is 7.81. The van der Waals surface area contributed by atoms with Gasteiger partial charge in [0, 0.05) is 11.1 Å². The summed E-state index contributed by atoms with van der Waals surface area (Å²) >= 11 is 9.44. The summed E-state index contributed by atoms with van der Waals surface area (Å²) in [4.78, 5) is 0.583. The van der Waals surface area contributed by atoms with E-state index in [9.17, 15) is 8.42 Å². The van der Waals surface area contributed by atoms with Crippen LogP contribution in [0.4, 0.5) is 0 Å². The Morgan fingerprint density at radius 3 is 1.40 bits per heavy atom. The third-order valence-corrected chi connectivity index (χ3v) is 7.74. The first-order chi connectivity index (χ1) is 14.5. The summed E-state index contributed by atoms with van der Waals surface area (Å²) in [5.41, 5.74) is 1.11. The van der Waals surface area contributed by atoms with Gasteiger partial charge < -0.3 is 0 Å². The van der Waals surface area contributed by atoms with Gasteiger partial charge in [0.25, 0.3) is 0 Å². The van der Waals surface area contributed by atoms with Crippen LogP contribution in [0.1, 0.15) is 0 Å². The minimum absolute atomic E-state index is 0.280.